The van der Waals surface area contributed by atoms with Crippen molar-refractivity contribution in [3.63, 3.8) is 0 Å². The third-order valence-electron chi connectivity index (χ3n) is 1.76. The molecule has 0 atom stereocenters. The van der Waals surface area contributed by atoms with Crippen LogP contribution in [0.4, 0.5) is 5.69 Å². The van der Waals surface area contributed by atoms with E-state index in [1.54, 1.807) is 31.2 Å². The molecule has 78 valence electrons. The normalized spacial score (nSPS) is 11.3. The van der Waals surface area contributed by atoms with Crippen molar-refractivity contribution in [2.45, 2.75) is 12.8 Å². The molecule has 0 bridgehead atoms. The van der Waals surface area contributed by atoms with Crippen LogP contribution in [0.5, 0.6) is 0 Å². The number of hydrogen-bond donors (Lipinski definition) is 1. The number of hydrogen-bond acceptors (Lipinski definition) is 2. The van der Waals surface area contributed by atoms with Crippen LogP contribution in [0.3, 0.4) is 0 Å². The predicted molar refractivity (Wildman–Crippen MR) is 59.1 cm³/mol. The van der Waals surface area contributed by atoms with E-state index >= 15 is 0 Å². The molecule has 0 unspecified atom stereocenters. The second kappa shape index (κ2) is 4.66. The van der Waals surface area contributed by atoms with Gasteiger partial charge in [0.25, 0.3) is 0 Å². The van der Waals surface area contributed by atoms with Gasteiger partial charge in [-0.25, -0.2) is 8.42 Å². The Bertz CT molecular complexity index is 386. The van der Waals surface area contributed by atoms with Crippen LogP contribution in [0.1, 0.15) is 12.5 Å². The molecule has 0 fully saturated rings. The van der Waals surface area contributed by atoms with Crippen molar-refractivity contribution >= 4 is 27.3 Å². The minimum absolute atomic E-state index is 0.0737. The third-order valence-corrected chi connectivity index (χ3v) is 3.38. The molecule has 0 amide bonds. The zero-order valence-electron chi connectivity index (χ0n) is 7.83. The molecule has 0 spiro atoms. The second-order valence-corrected chi connectivity index (χ2v) is 5.11. The van der Waals surface area contributed by atoms with Gasteiger partial charge in [-0.05, 0) is 24.6 Å². The lowest BCUT2D eigenvalue weighted by Crippen LogP contribution is -2.14. The van der Waals surface area contributed by atoms with Crippen LogP contribution in [0.25, 0.3) is 0 Å². The number of rotatable bonds is 4. The van der Waals surface area contributed by atoms with Crippen LogP contribution in [-0.4, -0.2) is 14.2 Å². The molecule has 0 saturated heterocycles. The maximum atomic E-state index is 11.2. The number of halogens is 1. The molecule has 0 heterocycles. The van der Waals surface area contributed by atoms with Gasteiger partial charge >= 0.3 is 0 Å². The average Bonchev–Trinajstić information content (AvgIpc) is 2.19. The Morgan fingerprint density at radius 3 is 2.29 bits per heavy atom. The highest BCUT2D eigenvalue weighted by atomic mass is 35.5. The van der Waals surface area contributed by atoms with E-state index in [4.69, 9.17) is 11.6 Å². The first-order chi connectivity index (χ1) is 6.57. The molecule has 0 radical (unpaired) electrons. The average molecular weight is 234 g/mol. The molecule has 0 aliphatic heterocycles. The molecule has 3 nitrogen and oxygen atoms in total. The zero-order valence-corrected chi connectivity index (χ0v) is 9.40. The summed E-state index contributed by atoms with van der Waals surface area (Å²) < 4.78 is 24.8. The van der Waals surface area contributed by atoms with Crippen molar-refractivity contribution in [1.29, 1.82) is 0 Å². The third kappa shape index (κ3) is 3.20. The van der Waals surface area contributed by atoms with Gasteiger partial charge in [-0.2, -0.15) is 0 Å². The molecular formula is C9H12ClNO2S. The van der Waals surface area contributed by atoms with Gasteiger partial charge in [-0.15, -0.1) is 11.6 Å². The predicted octanol–water partition coefficient (Wildman–Crippen LogP) is 2.19. The molecule has 1 aromatic rings. The van der Waals surface area contributed by atoms with E-state index in [2.05, 4.69) is 4.72 Å². The minimum atomic E-state index is -3.18. The van der Waals surface area contributed by atoms with E-state index in [0.717, 1.165) is 5.56 Å². The SMILES string of the molecule is CCS(=O)(=O)Nc1ccc(CCl)cc1. The number of benzene rings is 1. The van der Waals surface area contributed by atoms with Crippen LogP contribution in [0.2, 0.25) is 0 Å². The van der Waals surface area contributed by atoms with Crippen molar-refractivity contribution in [2.75, 3.05) is 10.5 Å². The minimum Gasteiger partial charge on any atom is -0.284 e. The number of sulfonamides is 1. The Hall–Kier alpha value is -0.740. The van der Waals surface area contributed by atoms with Crippen molar-refractivity contribution < 1.29 is 8.42 Å². The Kier molecular flexibility index (Phi) is 3.77. The Labute approximate surface area is 89.1 Å². The van der Waals surface area contributed by atoms with Gasteiger partial charge in [0.05, 0.1) is 5.75 Å². The molecule has 0 aliphatic rings. The van der Waals surface area contributed by atoms with Crippen molar-refractivity contribution in [2.24, 2.45) is 0 Å². The number of alkyl halides is 1. The highest BCUT2D eigenvalue weighted by molar-refractivity contribution is 7.92. The van der Waals surface area contributed by atoms with Crippen LogP contribution in [0.15, 0.2) is 24.3 Å². The molecule has 1 aromatic carbocycles. The van der Waals surface area contributed by atoms with Crippen LogP contribution >= 0.6 is 11.6 Å². The van der Waals surface area contributed by atoms with E-state index < -0.39 is 10.0 Å². The summed E-state index contributed by atoms with van der Waals surface area (Å²) in [4.78, 5) is 0. The molecule has 14 heavy (non-hydrogen) atoms. The molecule has 0 aromatic heterocycles. The molecular weight excluding hydrogens is 222 g/mol. The van der Waals surface area contributed by atoms with E-state index in [1.165, 1.54) is 0 Å². The Morgan fingerprint density at radius 2 is 1.86 bits per heavy atom. The van der Waals surface area contributed by atoms with E-state index in [9.17, 15) is 8.42 Å². The number of anilines is 1. The summed E-state index contributed by atoms with van der Waals surface area (Å²) in [6.07, 6.45) is 0. The maximum absolute atomic E-state index is 11.2. The van der Waals surface area contributed by atoms with E-state index in [1.807, 2.05) is 0 Å². The standard InChI is InChI=1S/C9H12ClNO2S/c1-2-14(12,13)11-9-5-3-8(7-10)4-6-9/h3-6,11H,2,7H2,1H3. The second-order valence-electron chi connectivity index (χ2n) is 2.84. The summed E-state index contributed by atoms with van der Waals surface area (Å²) in [7, 11) is -3.18. The first kappa shape index (κ1) is 11.3. The highest BCUT2D eigenvalue weighted by Crippen LogP contribution is 2.12. The van der Waals surface area contributed by atoms with Gasteiger partial charge in [0, 0.05) is 11.6 Å². The summed E-state index contributed by atoms with van der Waals surface area (Å²) in [5.41, 5.74) is 1.53. The summed E-state index contributed by atoms with van der Waals surface area (Å²) in [5, 5.41) is 0. The quantitative estimate of drug-likeness (QED) is 0.811. The van der Waals surface area contributed by atoms with Crippen LogP contribution in [-0.2, 0) is 15.9 Å². The van der Waals surface area contributed by atoms with Crippen molar-refractivity contribution in [3.8, 4) is 0 Å². The van der Waals surface area contributed by atoms with Gasteiger partial charge in [0.2, 0.25) is 10.0 Å². The molecule has 5 heteroatoms. The zero-order chi connectivity index (χ0) is 10.6. The monoisotopic (exact) mass is 233 g/mol. The lowest BCUT2D eigenvalue weighted by Gasteiger charge is -2.05. The fraction of sp³-hybridized carbons (Fsp3) is 0.333. The van der Waals surface area contributed by atoms with E-state index in [0.29, 0.717) is 11.6 Å². The van der Waals surface area contributed by atoms with Gasteiger partial charge in [-0.1, -0.05) is 12.1 Å². The van der Waals surface area contributed by atoms with E-state index in [-0.39, 0.29) is 5.75 Å². The smallest absolute Gasteiger partial charge is 0.232 e. The fourth-order valence-corrected chi connectivity index (χ4v) is 1.73. The molecule has 0 aliphatic carbocycles. The van der Waals surface area contributed by atoms with Crippen LogP contribution in [0, 0.1) is 0 Å². The van der Waals surface area contributed by atoms with Gasteiger partial charge in [0.1, 0.15) is 0 Å². The number of nitrogens with one attached hydrogen (secondary N) is 1. The van der Waals surface area contributed by atoms with Crippen LogP contribution < -0.4 is 4.72 Å². The molecule has 1 N–H and O–H groups in total. The van der Waals surface area contributed by atoms with Gasteiger partial charge in [-0.3, -0.25) is 4.72 Å². The highest BCUT2D eigenvalue weighted by Gasteiger charge is 2.05. The first-order valence-electron chi connectivity index (χ1n) is 4.23. The lowest BCUT2D eigenvalue weighted by atomic mass is 10.2. The van der Waals surface area contributed by atoms with Gasteiger partial charge < -0.3 is 0 Å². The summed E-state index contributed by atoms with van der Waals surface area (Å²) >= 11 is 5.60. The summed E-state index contributed by atoms with van der Waals surface area (Å²) in [6, 6.07) is 6.98. The first-order valence-corrected chi connectivity index (χ1v) is 6.41. The fourth-order valence-electron chi connectivity index (χ4n) is 0.914. The topological polar surface area (TPSA) is 46.2 Å². The lowest BCUT2D eigenvalue weighted by molar-refractivity contribution is 0.602. The van der Waals surface area contributed by atoms with Gasteiger partial charge in [0.15, 0.2) is 0 Å². The van der Waals surface area contributed by atoms with Crippen molar-refractivity contribution in [1.82, 2.24) is 0 Å². The van der Waals surface area contributed by atoms with Crippen molar-refractivity contribution in [3.05, 3.63) is 29.8 Å². The Morgan fingerprint density at radius 1 is 1.29 bits per heavy atom. The summed E-state index contributed by atoms with van der Waals surface area (Å²) in [6.45, 7) is 1.59. The molecule has 0 saturated carbocycles. The Balaban J connectivity index is 2.79. The molecule has 1 rings (SSSR count). The largest absolute Gasteiger partial charge is 0.284 e. The summed E-state index contributed by atoms with van der Waals surface area (Å²) in [5.74, 6) is 0.505. The maximum Gasteiger partial charge on any atom is 0.232 e.